The quantitative estimate of drug-likeness (QED) is 0.886. The van der Waals surface area contributed by atoms with Gasteiger partial charge in [0.2, 0.25) is 5.82 Å². The summed E-state index contributed by atoms with van der Waals surface area (Å²) in [5.74, 6) is -0.219. The third-order valence-electron chi connectivity index (χ3n) is 2.21. The number of esters is 1. The van der Waals surface area contributed by atoms with Gasteiger partial charge >= 0.3 is 5.97 Å². The number of hydrogen-bond acceptors (Lipinski definition) is 3. The molecule has 0 radical (unpaired) electrons. The van der Waals surface area contributed by atoms with Crippen LogP contribution < -0.4 is 0 Å². The summed E-state index contributed by atoms with van der Waals surface area (Å²) >= 11 is 3.45. The molecule has 0 atom stereocenters. The highest BCUT2D eigenvalue weighted by Crippen LogP contribution is 2.26. The lowest BCUT2D eigenvalue weighted by molar-refractivity contribution is 0.0513. The Balaban J connectivity index is 2.30. The molecule has 0 fully saturated rings. The maximum absolute atomic E-state index is 11.4. The molecule has 0 unspecified atom stereocenters. The summed E-state index contributed by atoms with van der Waals surface area (Å²) in [7, 11) is 0. The molecule has 1 aromatic heterocycles. The Kier molecular flexibility index (Phi) is 3.58. The summed E-state index contributed by atoms with van der Waals surface area (Å²) in [6, 6.07) is 7.72. The van der Waals surface area contributed by atoms with Gasteiger partial charge in [-0.3, -0.25) is 0 Å². The van der Waals surface area contributed by atoms with E-state index < -0.39 is 5.97 Å². The topological polar surface area (TPSA) is 55.0 Å². The van der Waals surface area contributed by atoms with Crippen LogP contribution in [0.4, 0.5) is 0 Å². The van der Waals surface area contributed by atoms with Crippen molar-refractivity contribution >= 4 is 21.9 Å². The van der Waals surface area contributed by atoms with E-state index in [2.05, 4.69) is 25.9 Å². The smallest absolute Gasteiger partial charge is 0.374 e. The molecule has 0 bridgehead atoms. The average Bonchev–Trinajstić information content (AvgIpc) is 2.79. The second-order valence-electron chi connectivity index (χ2n) is 3.35. The van der Waals surface area contributed by atoms with Crippen LogP contribution in [0, 0.1) is 0 Å². The maximum atomic E-state index is 11.4. The largest absolute Gasteiger partial charge is 0.460 e. The van der Waals surface area contributed by atoms with Crippen LogP contribution in [0.2, 0.25) is 0 Å². The number of aromatic nitrogens is 2. The van der Waals surface area contributed by atoms with Crippen LogP contribution in [0.25, 0.3) is 11.3 Å². The lowest BCUT2D eigenvalue weighted by Gasteiger charge is -2.00. The number of carbonyl (C=O) groups excluding carboxylic acids is 1. The number of imidazole rings is 1. The standard InChI is InChI=1S/C12H11BrN2O2/c1-2-17-12(16)11-14-7-10(15-11)8-5-3-4-6-9(8)13/h3-7H,2H2,1H3,(H,14,15). The average molecular weight is 295 g/mol. The van der Waals surface area contributed by atoms with Gasteiger partial charge in [0.1, 0.15) is 0 Å². The predicted octanol–water partition coefficient (Wildman–Crippen LogP) is 3.02. The fraction of sp³-hybridized carbons (Fsp3) is 0.167. The van der Waals surface area contributed by atoms with Gasteiger partial charge in [-0.25, -0.2) is 9.78 Å². The van der Waals surface area contributed by atoms with Gasteiger partial charge in [-0.2, -0.15) is 0 Å². The Hall–Kier alpha value is -1.62. The second kappa shape index (κ2) is 5.14. The van der Waals surface area contributed by atoms with Crippen LogP contribution in [0.15, 0.2) is 34.9 Å². The van der Waals surface area contributed by atoms with Crippen molar-refractivity contribution in [3.05, 3.63) is 40.8 Å². The zero-order valence-electron chi connectivity index (χ0n) is 9.24. The molecule has 4 nitrogen and oxygen atoms in total. The van der Waals surface area contributed by atoms with E-state index in [1.54, 1.807) is 13.1 Å². The number of H-pyrrole nitrogens is 1. The van der Waals surface area contributed by atoms with E-state index in [1.807, 2.05) is 24.3 Å². The van der Waals surface area contributed by atoms with Gasteiger partial charge < -0.3 is 9.72 Å². The molecule has 2 aromatic rings. The minimum atomic E-state index is -0.439. The molecule has 1 heterocycles. The van der Waals surface area contributed by atoms with Crippen molar-refractivity contribution in [2.75, 3.05) is 6.61 Å². The summed E-state index contributed by atoms with van der Waals surface area (Å²) in [4.78, 5) is 18.4. The fourth-order valence-corrected chi connectivity index (χ4v) is 1.94. The first-order valence-electron chi connectivity index (χ1n) is 5.19. The highest BCUT2D eigenvalue weighted by Gasteiger charge is 2.12. The zero-order valence-corrected chi connectivity index (χ0v) is 10.8. The highest BCUT2D eigenvalue weighted by molar-refractivity contribution is 9.10. The van der Waals surface area contributed by atoms with Crippen molar-refractivity contribution in [2.24, 2.45) is 0 Å². The van der Waals surface area contributed by atoms with E-state index in [0.717, 1.165) is 15.7 Å². The van der Waals surface area contributed by atoms with Crippen molar-refractivity contribution in [3.8, 4) is 11.3 Å². The first kappa shape index (κ1) is 11.9. The summed E-state index contributed by atoms with van der Waals surface area (Å²) in [6.07, 6.45) is 1.62. The highest BCUT2D eigenvalue weighted by atomic mass is 79.9. The van der Waals surface area contributed by atoms with Crippen molar-refractivity contribution < 1.29 is 9.53 Å². The SMILES string of the molecule is CCOC(=O)c1ncc(-c2ccccc2Br)[nH]1. The van der Waals surface area contributed by atoms with Crippen LogP contribution in [-0.2, 0) is 4.74 Å². The van der Waals surface area contributed by atoms with E-state index in [-0.39, 0.29) is 5.82 Å². The third kappa shape index (κ3) is 2.55. The number of nitrogens with one attached hydrogen (secondary N) is 1. The lowest BCUT2D eigenvalue weighted by atomic mass is 10.2. The molecule has 0 saturated heterocycles. The van der Waals surface area contributed by atoms with Crippen LogP contribution in [0.5, 0.6) is 0 Å². The third-order valence-corrected chi connectivity index (χ3v) is 2.90. The fourth-order valence-electron chi connectivity index (χ4n) is 1.44. The number of halogens is 1. The molecule has 1 N–H and O–H groups in total. The van der Waals surface area contributed by atoms with Crippen LogP contribution in [-0.4, -0.2) is 22.5 Å². The Bertz CT molecular complexity index is 537. The molecule has 0 aliphatic rings. The zero-order chi connectivity index (χ0) is 12.3. The van der Waals surface area contributed by atoms with Gasteiger partial charge in [-0.1, -0.05) is 34.1 Å². The molecule has 88 valence electrons. The first-order valence-corrected chi connectivity index (χ1v) is 5.98. The number of ether oxygens (including phenoxy) is 1. The Morgan fingerprint density at radius 1 is 1.47 bits per heavy atom. The maximum Gasteiger partial charge on any atom is 0.374 e. The minimum Gasteiger partial charge on any atom is -0.460 e. The van der Waals surface area contributed by atoms with Gasteiger partial charge in [0.05, 0.1) is 18.5 Å². The monoisotopic (exact) mass is 294 g/mol. The molecule has 0 aliphatic heterocycles. The molecular weight excluding hydrogens is 284 g/mol. The van der Waals surface area contributed by atoms with Crippen molar-refractivity contribution in [1.29, 1.82) is 0 Å². The van der Waals surface area contributed by atoms with Crippen LogP contribution in [0.3, 0.4) is 0 Å². The van der Waals surface area contributed by atoms with Gasteiger partial charge in [0.25, 0.3) is 0 Å². The summed E-state index contributed by atoms with van der Waals surface area (Å²) in [5, 5.41) is 0. The van der Waals surface area contributed by atoms with Gasteiger partial charge in [0, 0.05) is 10.0 Å². The van der Waals surface area contributed by atoms with E-state index in [1.165, 1.54) is 0 Å². The number of nitrogens with zero attached hydrogens (tertiary/aromatic N) is 1. The number of aromatic amines is 1. The Morgan fingerprint density at radius 3 is 2.94 bits per heavy atom. The number of carbonyl (C=O) groups is 1. The van der Waals surface area contributed by atoms with Crippen molar-refractivity contribution in [1.82, 2.24) is 9.97 Å². The summed E-state index contributed by atoms with van der Waals surface area (Å²) in [6.45, 7) is 2.10. The van der Waals surface area contributed by atoms with Gasteiger partial charge in [-0.15, -0.1) is 0 Å². The lowest BCUT2D eigenvalue weighted by Crippen LogP contribution is -2.06. The molecule has 17 heavy (non-hydrogen) atoms. The van der Waals surface area contributed by atoms with Gasteiger partial charge in [0.15, 0.2) is 0 Å². The second-order valence-corrected chi connectivity index (χ2v) is 4.20. The predicted molar refractivity (Wildman–Crippen MR) is 67.7 cm³/mol. The molecule has 0 saturated carbocycles. The molecule has 0 aliphatic carbocycles. The molecule has 2 rings (SSSR count). The number of hydrogen-bond donors (Lipinski definition) is 1. The normalized spacial score (nSPS) is 10.2. The summed E-state index contributed by atoms with van der Waals surface area (Å²) in [5.41, 5.74) is 1.73. The molecule has 5 heteroatoms. The first-order chi connectivity index (χ1) is 8.22. The van der Waals surface area contributed by atoms with Crippen molar-refractivity contribution in [2.45, 2.75) is 6.92 Å². The van der Waals surface area contributed by atoms with Crippen molar-refractivity contribution in [3.63, 3.8) is 0 Å². The molecule has 0 amide bonds. The van der Waals surface area contributed by atoms with Crippen LogP contribution in [0.1, 0.15) is 17.5 Å². The Morgan fingerprint density at radius 2 is 2.24 bits per heavy atom. The van der Waals surface area contributed by atoms with Gasteiger partial charge in [-0.05, 0) is 13.0 Å². The summed E-state index contributed by atoms with van der Waals surface area (Å²) < 4.78 is 5.81. The molecule has 1 aromatic carbocycles. The van der Waals surface area contributed by atoms with E-state index >= 15 is 0 Å². The number of benzene rings is 1. The number of rotatable bonds is 3. The van der Waals surface area contributed by atoms with E-state index in [4.69, 9.17) is 4.74 Å². The Labute approximate surface area is 107 Å². The van der Waals surface area contributed by atoms with E-state index in [9.17, 15) is 4.79 Å². The van der Waals surface area contributed by atoms with Crippen LogP contribution >= 0.6 is 15.9 Å². The minimum absolute atomic E-state index is 0.220. The molecule has 0 spiro atoms. The van der Waals surface area contributed by atoms with E-state index in [0.29, 0.717) is 6.61 Å². The molecular formula is C12H11BrN2O2.